The summed E-state index contributed by atoms with van der Waals surface area (Å²) in [5.41, 5.74) is 0.623. The SMILES string of the molecule is CC(Oc1ccc(Cl)cc1Br)C(=O)Nc1cccc(Cl)c1. The molecule has 2 rings (SSSR count). The summed E-state index contributed by atoms with van der Waals surface area (Å²) < 4.78 is 6.31. The fourth-order valence-corrected chi connectivity index (χ4v) is 2.59. The molecule has 21 heavy (non-hydrogen) atoms. The number of carbonyl (C=O) groups is 1. The fraction of sp³-hybridized carbons (Fsp3) is 0.133. The molecule has 2 aromatic carbocycles. The number of carbonyl (C=O) groups excluding carboxylic acids is 1. The second kappa shape index (κ2) is 7.16. The van der Waals surface area contributed by atoms with Crippen LogP contribution in [0.15, 0.2) is 46.9 Å². The molecular formula is C15H12BrCl2NO2. The standard InChI is InChI=1S/C15H12BrCl2NO2/c1-9(21-14-6-5-11(18)8-13(14)16)15(20)19-12-4-2-3-10(17)7-12/h2-9H,1H3,(H,19,20). The Labute approximate surface area is 141 Å². The van der Waals surface area contributed by atoms with Crippen LogP contribution < -0.4 is 10.1 Å². The average Bonchev–Trinajstić information content (AvgIpc) is 2.41. The molecule has 1 N–H and O–H groups in total. The van der Waals surface area contributed by atoms with Gasteiger partial charge in [-0.15, -0.1) is 0 Å². The van der Waals surface area contributed by atoms with Gasteiger partial charge in [-0.25, -0.2) is 0 Å². The molecule has 0 fully saturated rings. The van der Waals surface area contributed by atoms with Crippen molar-refractivity contribution in [3.05, 3.63) is 57.0 Å². The fourth-order valence-electron chi connectivity index (χ4n) is 1.62. The number of ether oxygens (including phenoxy) is 1. The lowest BCUT2D eigenvalue weighted by molar-refractivity contribution is -0.122. The van der Waals surface area contributed by atoms with Gasteiger partial charge >= 0.3 is 0 Å². The van der Waals surface area contributed by atoms with Gasteiger partial charge in [0.05, 0.1) is 4.47 Å². The lowest BCUT2D eigenvalue weighted by atomic mass is 10.3. The van der Waals surface area contributed by atoms with Crippen LogP contribution in [0.2, 0.25) is 10.0 Å². The Balaban J connectivity index is 2.02. The Kier molecular flexibility index (Phi) is 5.51. The van der Waals surface area contributed by atoms with Gasteiger partial charge in [0.25, 0.3) is 5.91 Å². The highest BCUT2D eigenvalue weighted by atomic mass is 79.9. The summed E-state index contributed by atoms with van der Waals surface area (Å²) >= 11 is 15.1. The van der Waals surface area contributed by atoms with E-state index in [-0.39, 0.29) is 5.91 Å². The monoisotopic (exact) mass is 387 g/mol. The number of hydrogen-bond acceptors (Lipinski definition) is 2. The number of anilines is 1. The van der Waals surface area contributed by atoms with E-state index < -0.39 is 6.10 Å². The van der Waals surface area contributed by atoms with E-state index in [2.05, 4.69) is 21.2 Å². The van der Waals surface area contributed by atoms with Crippen LogP contribution in [0, 0.1) is 0 Å². The summed E-state index contributed by atoms with van der Waals surface area (Å²) in [7, 11) is 0. The van der Waals surface area contributed by atoms with Gasteiger partial charge in [-0.3, -0.25) is 4.79 Å². The Morgan fingerprint density at radius 1 is 1.19 bits per heavy atom. The van der Waals surface area contributed by atoms with Crippen molar-refractivity contribution in [2.45, 2.75) is 13.0 Å². The molecule has 1 unspecified atom stereocenters. The van der Waals surface area contributed by atoms with Gasteiger partial charge in [0.15, 0.2) is 6.10 Å². The maximum Gasteiger partial charge on any atom is 0.265 e. The summed E-state index contributed by atoms with van der Waals surface area (Å²) in [6, 6.07) is 12.0. The minimum atomic E-state index is -0.665. The highest BCUT2D eigenvalue weighted by molar-refractivity contribution is 9.10. The molecular weight excluding hydrogens is 377 g/mol. The number of halogens is 3. The summed E-state index contributed by atoms with van der Waals surface area (Å²) in [5.74, 6) is 0.285. The highest BCUT2D eigenvalue weighted by Crippen LogP contribution is 2.29. The van der Waals surface area contributed by atoms with Crippen LogP contribution in [-0.4, -0.2) is 12.0 Å². The minimum absolute atomic E-state index is 0.265. The second-order valence-corrected chi connectivity index (χ2v) is 6.06. The van der Waals surface area contributed by atoms with Crippen molar-refractivity contribution in [3.8, 4) is 5.75 Å². The number of nitrogens with one attached hydrogen (secondary N) is 1. The lowest BCUT2D eigenvalue weighted by Crippen LogP contribution is -2.30. The van der Waals surface area contributed by atoms with Gasteiger partial charge in [-0.2, -0.15) is 0 Å². The Hall–Kier alpha value is -1.23. The van der Waals surface area contributed by atoms with E-state index in [1.165, 1.54) is 0 Å². The average molecular weight is 389 g/mol. The third-order valence-electron chi connectivity index (χ3n) is 2.66. The zero-order valence-electron chi connectivity index (χ0n) is 11.1. The maximum absolute atomic E-state index is 12.1. The van der Waals surface area contributed by atoms with Gasteiger partial charge in [-0.1, -0.05) is 29.3 Å². The van der Waals surface area contributed by atoms with Crippen molar-refractivity contribution in [3.63, 3.8) is 0 Å². The van der Waals surface area contributed by atoms with Crippen molar-refractivity contribution in [1.82, 2.24) is 0 Å². The predicted molar refractivity (Wildman–Crippen MR) is 89.3 cm³/mol. The Morgan fingerprint density at radius 3 is 2.57 bits per heavy atom. The molecule has 1 atom stereocenters. The van der Waals surface area contributed by atoms with Gasteiger partial charge in [0, 0.05) is 15.7 Å². The van der Waals surface area contributed by atoms with E-state index in [0.717, 1.165) is 0 Å². The third-order valence-corrected chi connectivity index (χ3v) is 3.75. The van der Waals surface area contributed by atoms with E-state index in [1.54, 1.807) is 49.4 Å². The van der Waals surface area contributed by atoms with E-state index >= 15 is 0 Å². The first-order valence-corrected chi connectivity index (χ1v) is 7.69. The third kappa shape index (κ3) is 4.63. The molecule has 0 radical (unpaired) electrons. The van der Waals surface area contributed by atoms with Crippen molar-refractivity contribution in [2.24, 2.45) is 0 Å². The van der Waals surface area contributed by atoms with Gasteiger partial charge in [0.1, 0.15) is 5.75 Å². The Bertz CT molecular complexity index is 664. The van der Waals surface area contributed by atoms with Crippen LogP contribution in [-0.2, 0) is 4.79 Å². The molecule has 3 nitrogen and oxygen atoms in total. The van der Waals surface area contributed by atoms with Crippen molar-refractivity contribution >= 4 is 50.7 Å². The van der Waals surface area contributed by atoms with Crippen molar-refractivity contribution in [2.75, 3.05) is 5.32 Å². The molecule has 0 aliphatic carbocycles. The summed E-state index contributed by atoms with van der Waals surface area (Å²) in [4.78, 5) is 12.1. The zero-order chi connectivity index (χ0) is 15.4. The quantitative estimate of drug-likeness (QED) is 0.785. The molecule has 110 valence electrons. The van der Waals surface area contributed by atoms with E-state index in [0.29, 0.717) is 26.0 Å². The second-order valence-electron chi connectivity index (χ2n) is 4.33. The van der Waals surface area contributed by atoms with E-state index in [4.69, 9.17) is 27.9 Å². The molecule has 2 aromatic rings. The Morgan fingerprint density at radius 2 is 1.90 bits per heavy atom. The minimum Gasteiger partial charge on any atom is -0.480 e. The van der Waals surface area contributed by atoms with Gasteiger partial charge in [0.2, 0.25) is 0 Å². The van der Waals surface area contributed by atoms with Crippen LogP contribution in [0.3, 0.4) is 0 Å². The maximum atomic E-state index is 12.1. The predicted octanol–water partition coefficient (Wildman–Crippen LogP) is 5.16. The van der Waals surface area contributed by atoms with Crippen LogP contribution in [0.5, 0.6) is 5.75 Å². The molecule has 0 heterocycles. The zero-order valence-corrected chi connectivity index (χ0v) is 14.2. The van der Waals surface area contributed by atoms with Gasteiger partial charge < -0.3 is 10.1 Å². The van der Waals surface area contributed by atoms with Crippen LogP contribution in [0.25, 0.3) is 0 Å². The number of amides is 1. The number of benzene rings is 2. The van der Waals surface area contributed by atoms with Crippen LogP contribution in [0.4, 0.5) is 5.69 Å². The molecule has 0 aliphatic heterocycles. The van der Waals surface area contributed by atoms with E-state index in [1.807, 2.05) is 0 Å². The smallest absolute Gasteiger partial charge is 0.265 e. The molecule has 0 saturated heterocycles. The molecule has 0 spiro atoms. The summed E-state index contributed by atoms with van der Waals surface area (Å²) in [5, 5.41) is 3.89. The van der Waals surface area contributed by atoms with Crippen molar-refractivity contribution in [1.29, 1.82) is 0 Å². The molecule has 6 heteroatoms. The molecule has 0 aliphatic rings. The summed E-state index contributed by atoms with van der Waals surface area (Å²) in [6.45, 7) is 1.67. The van der Waals surface area contributed by atoms with Gasteiger partial charge in [-0.05, 0) is 59.3 Å². The highest BCUT2D eigenvalue weighted by Gasteiger charge is 2.16. The lowest BCUT2D eigenvalue weighted by Gasteiger charge is -2.16. The molecule has 0 saturated carbocycles. The van der Waals surface area contributed by atoms with Crippen LogP contribution in [0.1, 0.15) is 6.92 Å². The van der Waals surface area contributed by atoms with Crippen molar-refractivity contribution < 1.29 is 9.53 Å². The largest absolute Gasteiger partial charge is 0.480 e. The summed E-state index contributed by atoms with van der Waals surface area (Å²) in [6.07, 6.45) is -0.665. The van der Waals surface area contributed by atoms with Crippen LogP contribution >= 0.6 is 39.1 Å². The molecule has 0 aromatic heterocycles. The normalized spacial score (nSPS) is 11.8. The molecule has 0 bridgehead atoms. The number of rotatable bonds is 4. The number of hydrogen-bond donors (Lipinski definition) is 1. The first-order valence-electron chi connectivity index (χ1n) is 6.14. The first-order chi connectivity index (χ1) is 9.95. The van der Waals surface area contributed by atoms with E-state index in [9.17, 15) is 4.79 Å². The molecule has 1 amide bonds. The topological polar surface area (TPSA) is 38.3 Å². The first kappa shape index (κ1) is 16.1.